The Kier molecular flexibility index (Phi) is 3.34. The summed E-state index contributed by atoms with van der Waals surface area (Å²) in [6, 6.07) is 0. The van der Waals surface area contributed by atoms with Crippen molar-refractivity contribution < 1.29 is 14.8 Å². The molecule has 1 rings (SSSR count). The van der Waals surface area contributed by atoms with Crippen LogP contribution in [0.15, 0.2) is 6.20 Å². The second-order valence-corrected chi connectivity index (χ2v) is 2.74. The molecule has 0 unspecified atom stereocenters. The molecule has 2 N–H and O–H groups in total. The van der Waals surface area contributed by atoms with Crippen molar-refractivity contribution in [3.05, 3.63) is 22.0 Å². The minimum atomic E-state index is -0.680. The van der Waals surface area contributed by atoms with Gasteiger partial charge in [-0.15, -0.1) is 0 Å². The Labute approximate surface area is 84.7 Å². The fourth-order valence-electron chi connectivity index (χ4n) is 1.08. The van der Waals surface area contributed by atoms with Crippen LogP contribution in [0.2, 0.25) is 0 Å². The van der Waals surface area contributed by atoms with Gasteiger partial charge in [-0.05, 0) is 0 Å². The van der Waals surface area contributed by atoms with Gasteiger partial charge in [0, 0.05) is 13.6 Å². The van der Waals surface area contributed by atoms with E-state index in [4.69, 9.17) is 5.11 Å². The van der Waals surface area contributed by atoms with E-state index in [0.717, 1.165) is 10.9 Å². The first-order valence-electron chi connectivity index (χ1n) is 4.13. The van der Waals surface area contributed by atoms with Gasteiger partial charge in [0.25, 0.3) is 5.91 Å². The molecule has 0 saturated heterocycles. The van der Waals surface area contributed by atoms with Crippen LogP contribution in [0.3, 0.4) is 0 Å². The van der Waals surface area contributed by atoms with Crippen molar-refractivity contribution in [3.63, 3.8) is 0 Å². The molecule has 0 radical (unpaired) electrons. The number of nitro groups is 1. The van der Waals surface area contributed by atoms with E-state index in [1.807, 2.05) is 0 Å². The monoisotopic (exact) mass is 214 g/mol. The predicted molar refractivity (Wildman–Crippen MR) is 49.3 cm³/mol. The minimum Gasteiger partial charge on any atom is -0.395 e. The van der Waals surface area contributed by atoms with E-state index in [-0.39, 0.29) is 24.5 Å². The van der Waals surface area contributed by atoms with Crippen molar-refractivity contribution in [3.8, 4) is 0 Å². The van der Waals surface area contributed by atoms with Crippen LogP contribution < -0.4 is 5.32 Å². The lowest BCUT2D eigenvalue weighted by atomic mass is 10.3. The third-order valence-corrected chi connectivity index (χ3v) is 1.73. The topological polar surface area (TPSA) is 110 Å². The maximum Gasteiger partial charge on any atom is 0.320 e. The Morgan fingerprint density at radius 3 is 3.00 bits per heavy atom. The van der Waals surface area contributed by atoms with E-state index in [2.05, 4.69) is 10.4 Å². The number of nitrogens with one attached hydrogen (secondary N) is 1. The third kappa shape index (κ3) is 2.29. The Bertz CT molecular complexity index is 386. The van der Waals surface area contributed by atoms with E-state index in [9.17, 15) is 14.9 Å². The van der Waals surface area contributed by atoms with Crippen molar-refractivity contribution in [1.29, 1.82) is 0 Å². The van der Waals surface area contributed by atoms with Crippen LogP contribution in [0.4, 0.5) is 5.69 Å². The highest BCUT2D eigenvalue weighted by atomic mass is 16.6. The number of carbonyl (C=O) groups is 1. The summed E-state index contributed by atoms with van der Waals surface area (Å²) in [5, 5.41) is 25.0. The highest BCUT2D eigenvalue weighted by Gasteiger charge is 2.24. The number of amides is 1. The molecular formula is C7H10N4O4. The van der Waals surface area contributed by atoms with Gasteiger partial charge in [0.2, 0.25) is 5.69 Å². The number of nitrogens with zero attached hydrogens (tertiary/aromatic N) is 3. The van der Waals surface area contributed by atoms with Gasteiger partial charge in [-0.2, -0.15) is 5.10 Å². The van der Waals surface area contributed by atoms with Crippen molar-refractivity contribution in [2.75, 3.05) is 13.2 Å². The molecule has 1 aromatic rings. The summed E-state index contributed by atoms with van der Waals surface area (Å²) in [5.74, 6) is -0.629. The summed E-state index contributed by atoms with van der Waals surface area (Å²) in [5.41, 5.74) is -0.485. The van der Waals surface area contributed by atoms with E-state index in [0.29, 0.717) is 0 Å². The average Bonchev–Trinajstić information content (AvgIpc) is 2.56. The number of hydrogen-bond acceptors (Lipinski definition) is 5. The molecule has 1 amide bonds. The zero-order valence-corrected chi connectivity index (χ0v) is 8.01. The summed E-state index contributed by atoms with van der Waals surface area (Å²) in [6.07, 6.45) is 1.01. The summed E-state index contributed by atoms with van der Waals surface area (Å²) in [4.78, 5) is 21.3. The summed E-state index contributed by atoms with van der Waals surface area (Å²) < 4.78 is 1.12. The lowest BCUT2D eigenvalue weighted by Crippen LogP contribution is -2.28. The molecule has 0 saturated carbocycles. The smallest absolute Gasteiger partial charge is 0.320 e. The number of rotatable bonds is 4. The number of hydrogen-bond donors (Lipinski definition) is 2. The van der Waals surface area contributed by atoms with Crippen LogP contribution in [-0.4, -0.2) is 38.9 Å². The first-order valence-corrected chi connectivity index (χ1v) is 4.13. The quantitative estimate of drug-likeness (QED) is 0.496. The maximum absolute atomic E-state index is 11.4. The fourth-order valence-corrected chi connectivity index (χ4v) is 1.08. The molecule has 0 aliphatic rings. The molecule has 15 heavy (non-hydrogen) atoms. The maximum atomic E-state index is 11.4. The molecule has 8 heteroatoms. The van der Waals surface area contributed by atoms with E-state index < -0.39 is 10.8 Å². The van der Waals surface area contributed by atoms with Crippen LogP contribution in [0.5, 0.6) is 0 Å². The molecule has 0 fully saturated rings. The van der Waals surface area contributed by atoms with Crippen LogP contribution in [-0.2, 0) is 7.05 Å². The number of aryl methyl sites for hydroxylation is 1. The van der Waals surface area contributed by atoms with E-state index >= 15 is 0 Å². The van der Waals surface area contributed by atoms with Gasteiger partial charge < -0.3 is 10.4 Å². The molecule has 0 atom stereocenters. The lowest BCUT2D eigenvalue weighted by molar-refractivity contribution is -0.385. The van der Waals surface area contributed by atoms with E-state index in [1.165, 1.54) is 7.05 Å². The zero-order chi connectivity index (χ0) is 11.4. The molecule has 0 aliphatic carbocycles. The van der Waals surface area contributed by atoms with Crippen LogP contribution in [0.25, 0.3) is 0 Å². The molecule has 0 spiro atoms. The largest absolute Gasteiger partial charge is 0.395 e. The van der Waals surface area contributed by atoms with Gasteiger partial charge in [0.1, 0.15) is 6.20 Å². The van der Waals surface area contributed by atoms with Gasteiger partial charge in [-0.1, -0.05) is 0 Å². The number of carbonyl (C=O) groups excluding carboxylic acids is 1. The molecule has 0 bridgehead atoms. The lowest BCUT2D eigenvalue weighted by Gasteiger charge is -2.02. The minimum absolute atomic E-state index is 0.0428. The Morgan fingerprint density at radius 1 is 1.80 bits per heavy atom. The summed E-state index contributed by atoms with van der Waals surface area (Å²) >= 11 is 0. The number of aromatic nitrogens is 2. The molecular weight excluding hydrogens is 204 g/mol. The molecule has 8 nitrogen and oxygen atoms in total. The van der Waals surface area contributed by atoms with Crippen LogP contribution in [0.1, 0.15) is 10.5 Å². The Morgan fingerprint density at radius 2 is 2.47 bits per heavy atom. The van der Waals surface area contributed by atoms with Gasteiger partial charge in [-0.25, -0.2) is 0 Å². The van der Waals surface area contributed by atoms with E-state index in [1.54, 1.807) is 0 Å². The average molecular weight is 214 g/mol. The van der Waals surface area contributed by atoms with Gasteiger partial charge >= 0.3 is 5.69 Å². The van der Waals surface area contributed by atoms with Crippen molar-refractivity contribution in [1.82, 2.24) is 15.1 Å². The predicted octanol–water partition coefficient (Wildman–Crippen LogP) is -0.950. The first-order chi connectivity index (χ1) is 7.07. The fraction of sp³-hybridized carbons (Fsp3) is 0.429. The standard InChI is InChI=1S/C7H10N4O4/c1-10-6(7(13)8-2-3-12)5(4-9-10)11(14)15/h4,12H,2-3H2,1H3,(H,8,13). The summed E-state index contributed by atoms with van der Waals surface area (Å²) in [7, 11) is 1.43. The molecule has 82 valence electrons. The number of aliphatic hydroxyl groups is 1. The molecule has 0 aliphatic heterocycles. The zero-order valence-electron chi connectivity index (χ0n) is 8.01. The Hall–Kier alpha value is -1.96. The molecule has 1 aromatic heterocycles. The molecule has 0 aromatic carbocycles. The van der Waals surface area contributed by atoms with Crippen molar-refractivity contribution >= 4 is 11.6 Å². The summed E-state index contributed by atoms with van der Waals surface area (Å²) in [6.45, 7) is -0.182. The SMILES string of the molecule is Cn1ncc([N+](=O)[O-])c1C(=O)NCCO. The van der Waals surface area contributed by atoms with Gasteiger partial charge in [0.05, 0.1) is 11.5 Å². The number of aliphatic hydroxyl groups excluding tert-OH is 1. The second-order valence-electron chi connectivity index (χ2n) is 2.74. The Balaban J connectivity index is 2.96. The molecule has 1 heterocycles. The van der Waals surface area contributed by atoms with Gasteiger partial charge in [-0.3, -0.25) is 19.6 Å². The normalized spacial score (nSPS) is 10.0. The van der Waals surface area contributed by atoms with Crippen LogP contribution >= 0.6 is 0 Å². The van der Waals surface area contributed by atoms with Gasteiger partial charge in [0.15, 0.2) is 0 Å². The second kappa shape index (κ2) is 4.51. The highest BCUT2D eigenvalue weighted by molar-refractivity contribution is 5.96. The first kappa shape index (κ1) is 11.1. The third-order valence-electron chi connectivity index (χ3n) is 1.73. The van der Waals surface area contributed by atoms with Crippen LogP contribution in [0, 0.1) is 10.1 Å². The highest BCUT2D eigenvalue weighted by Crippen LogP contribution is 2.16. The van der Waals surface area contributed by atoms with Crippen molar-refractivity contribution in [2.24, 2.45) is 7.05 Å². The van der Waals surface area contributed by atoms with Crippen molar-refractivity contribution in [2.45, 2.75) is 0 Å².